The molecule has 1 heterocycles. The van der Waals surface area contributed by atoms with Crippen molar-refractivity contribution in [3.8, 4) is 0 Å². The lowest BCUT2D eigenvalue weighted by atomic mass is 9.85. The van der Waals surface area contributed by atoms with Gasteiger partial charge in [0.1, 0.15) is 5.60 Å². The van der Waals surface area contributed by atoms with Crippen molar-refractivity contribution < 1.29 is 14.3 Å². The number of hydrogen-bond acceptors (Lipinski definition) is 4. The highest BCUT2D eigenvalue weighted by atomic mass is 16.5. The van der Waals surface area contributed by atoms with Crippen molar-refractivity contribution in [3.05, 3.63) is 0 Å². The van der Waals surface area contributed by atoms with Crippen LogP contribution in [0.3, 0.4) is 0 Å². The van der Waals surface area contributed by atoms with Gasteiger partial charge >= 0.3 is 0 Å². The van der Waals surface area contributed by atoms with Crippen molar-refractivity contribution in [2.24, 2.45) is 5.92 Å². The van der Waals surface area contributed by atoms with Gasteiger partial charge in [0.2, 0.25) is 0 Å². The molecule has 0 aliphatic carbocycles. The first kappa shape index (κ1) is 16.6. The summed E-state index contributed by atoms with van der Waals surface area (Å²) in [7, 11) is 1.70. The number of hydrogen-bond donors (Lipinski definition) is 0. The van der Waals surface area contributed by atoms with Crippen LogP contribution in [0.1, 0.15) is 41.5 Å². The number of rotatable bonds is 6. The lowest BCUT2D eigenvalue weighted by molar-refractivity contribution is -0.132. The molecule has 0 saturated carbocycles. The summed E-state index contributed by atoms with van der Waals surface area (Å²) >= 11 is 0. The van der Waals surface area contributed by atoms with Crippen LogP contribution in [-0.4, -0.2) is 54.7 Å². The maximum Gasteiger partial charge on any atom is 0.171 e. The van der Waals surface area contributed by atoms with E-state index in [9.17, 15) is 4.79 Å². The minimum absolute atomic E-state index is 0.0817. The minimum atomic E-state index is -0.669. The Bertz CT molecular complexity index is 323. The molecule has 0 N–H and O–H groups in total. The summed E-state index contributed by atoms with van der Waals surface area (Å²) in [6, 6.07) is 0.391. The molecular formula is C15H29NO3. The molecular weight excluding hydrogens is 242 g/mol. The monoisotopic (exact) mass is 271 g/mol. The zero-order chi connectivity index (χ0) is 14.8. The van der Waals surface area contributed by atoms with Gasteiger partial charge < -0.3 is 9.47 Å². The molecule has 0 spiro atoms. The molecule has 19 heavy (non-hydrogen) atoms. The average Bonchev–Trinajstić information content (AvgIpc) is 2.40. The fourth-order valence-electron chi connectivity index (χ4n) is 2.82. The highest BCUT2D eigenvalue weighted by Crippen LogP contribution is 2.39. The van der Waals surface area contributed by atoms with Crippen LogP contribution in [0.2, 0.25) is 0 Å². The molecule has 4 heteroatoms. The molecule has 1 aliphatic rings. The molecule has 1 saturated heterocycles. The average molecular weight is 271 g/mol. The standard InChI is InChI=1S/C15H29NO3/c1-11(2)16(8-9-18-7)10-12-13(17)15(5,6)19-14(12,3)4/h11-12H,8-10H2,1-7H3. The Kier molecular flexibility index (Phi) is 5.15. The van der Waals surface area contributed by atoms with Crippen LogP contribution >= 0.6 is 0 Å². The molecule has 0 aromatic carbocycles. The van der Waals surface area contributed by atoms with Crippen molar-refractivity contribution in [2.45, 2.75) is 58.8 Å². The molecule has 1 unspecified atom stereocenters. The van der Waals surface area contributed by atoms with Gasteiger partial charge in [-0.15, -0.1) is 0 Å². The van der Waals surface area contributed by atoms with Crippen molar-refractivity contribution in [1.29, 1.82) is 0 Å². The third-order valence-corrected chi connectivity index (χ3v) is 4.00. The zero-order valence-electron chi connectivity index (χ0n) is 13.4. The molecule has 1 fully saturated rings. The summed E-state index contributed by atoms with van der Waals surface area (Å²) in [5.41, 5.74) is -1.07. The van der Waals surface area contributed by atoms with Crippen LogP contribution in [0, 0.1) is 5.92 Å². The summed E-state index contributed by atoms with van der Waals surface area (Å²) in [6.45, 7) is 14.3. The molecule has 4 nitrogen and oxygen atoms in total. The first-order valence-corrected chi connectivity index (χ1v) is 7.09. The molecule has 0 aromatic heterocycles. The van der Waals surface area contributed by atoms with E-state index >= 15 is 0 Å². The maximum absolute atomic E-state index is 12.5. The Morgan fingerprint density at radius 3 is 2.26 bits per heavy atom. The lowest BCUT2D eigenvalue weighted by Crippen LogP contribution is -2.44. The Morgan fingerprint density at radius 1 is 1.32 bits per heavy atom. The van der Waals surface area contributed by atoms with Crippen LogP contribution in [0.4, 0.5) is 0 Å². The predicted molar refractivity (Wildman–Crippen MR) is 76.3 cm³/mol. The molecule has 0 amide bonds. The first-order valence-electron chi connectivity index (χ1n) is 7.09. The van der Waals surface area contributed by atoms with Gasteiger partial charge in [0.05, 0.1) is 18.1 Å². The van der Waals surface area contributed by atoms with E-state index in [2.05, 4.69) is 18.7 Å². The topological polar surface area (TPSA) is 38.8 Å². The second-order valence-corrected chi connectivity index (χ2v) is 6.71. The number of methoxy groups -OCH3 is 1. The van der Waals surface area contributed by atoms with E-state index in [0.717, 1.165) is 13.1 Å². The van der Waals surface area contributed by atoms with Gasteiger partial charge in [0.25, 0.3) is 0 Å². The molecule has 1 rings (SSSR count). The van der Waals surface area contributed by atoms with Crippen molar-refractivity contribution in [2.75, 3.05) is 26.8 Å². The van der Waals surface area contributed by atoms with Crippen LogP contribution in [0.15, 0.2) is 0 Å². The van der Waals surface area contributed by atoms with Crippen molar-refractivity contribution in [1.82, 2.24) is 4.90 Å². The van der Waals surface area contributed by atoms with Gasteiger partial charge in [-0.05, 0) is 41.5 Å². The van der Waals surface area contributed by atoms with Crippen LogP contribution in [0.5, 0.6) is 0 Å². The van der Waals surface area contributed by atoms with E-state index in [1.807, 2.05) is 27.7 Å². The van der Waals surface area contributed by atoms with Crippen molar-refractivity contribution in [3.63, 3.8) is 0 Å². The van der Waals surface area contributed by atoms with Crippen LogP contribution in [-0.2, 0) is 14.3 Å². The van der Waals surface area contributed by atoms with E-state index < -0.39 is 11.2 Å². The predicted octanol–water partition coefficient (Wildman–Crippen LogP) is 2.12. The van der Waals surface area contributed by atoms with Crippen LogP contribution < -0.4 is 0 Å². The molecule has 0 aromatic rings. The summed E-state index contributed by atoms with van der Waals surface area (Å²) in [5, 5.41) is 0. The van der Waals surface area contributed by atoms with Crippen molar-refractivity contribution >= 4 is 5.78 Å². The molecule has 1 aliphatic heterocycles. The molecule has 0 bridgehead atoms. The smallest absolute Gasteiger partial charge is 0.171 e. The largest absolute Gasteiger partial charge is 0.383 e. The Labute approximate surface area is 117 Å². The van der Waals surface area contributed by atoms with E-state index in [4.69, 9.17) is 9.47 Å². The third-order valence-electron chi connectivity index (χ3n) is 4.00. The lowest BCUT2D eigenvalue weighted by Gasteiger charge is -2.33. The van der Waals surface area contributed by atoms with Gasteiger partial charge in [-0.3, -0.25) is 9.69 Å². The molecule has 0 radical (unpaired) electrons. The summed E-state index contributed by atoms with van der Waals surface area (Å²) in [5.74, 6) is 0.127. The van der Waals surface area contributed by atoms with Gasteiger partial charge in [-0.25, -0.2) is 0 Å². The maximum atomic E-state index is 12.5. The quantitative estimate of drug-likeness (QED) is 0.742. The van der Waals surface area contributed by atoms with E-state index in [0.29, 0.717) is 12.6 Å². The fraction of sp³-hybridized carbons (Fsp3) is 0.933. The number of carbonyl (C=O) groups is 1. The molecule has 1 atom stereocenters. The highest BCUT2D eigenvalue weighted by Gasteiger charge is 2.53. The minimum Gasteiger partial charge on any atom is -0.383 e. The highest BCUT2D eigenvalue weighted by molar-refractivity contribution is 5.91. The van der Waals surface area contributed by atoms with E-state index in [-0.39, 0.29) is 11.7 Å². The number of ether oxygens (including phenoxy) is 2. The van der Waals surface area contributed by atoms with Gasteiger partial charge in [-0.2, -0.15) is 0 Å². The van der Waals surface area contributed by atoms with E-state index in [1.165, 1.54) is 0 Å². The Morgan fingerprint density at radius 2 is 1.89 bits per heavy atom. The van der Waals surface area contributed by atoms with Gasteiger partial charge in [-0.1, -0.05) is 0 Å². The van der Waals surface area contributed by atoms with Crippen LogP contribution in [0.25, 0.3) is 0 Å². The van der Waals surface area contributed by atoms with Gasteiger partial charge in [0.15, 0.2) is 5.78 Å². The van der Waals surface area contributed by atoms with E-state index in [1.54, 1.807) is 7.11 Å². The summed E-state index contributed by atoms with van der Waals surface area (Å²) in [4.78, 5) is 14.8. The second-order valence-electron chi connectivity index (χ2n) is 6.71. The SMILES string of the molecule is COCCN(CC1C(=O)C(C)(C)OC1(C)C)C(C)C. The second kappa shape index (κ2) is 5.90. The Balaban J connectivity index is 2.80. The summed E-state index contributed by atoms with van der Waals surface area (Å²) < 4.78 is 11.1. The zero-order valence-corrected chi connectivity index (χ0v) is 13.4. The number of Topliss-reactive ketones (excluding diaryl/α,β-unsaturated/α-hetero) is 1. The van der Waals surface area contributed by atoms with Gasteiger partial charge in [0, 0.05) is 26.2 Å². The third kappa shape index (κ3) is 3.77. The normalized spacial score (nSPS) is 25.5. The fourth-order valence-corrected chi connectivity index (χ4v) is 2.82. The number of nitrogens with zero attached hydrogens (tertiary/aromatic N) is 1. The number of ketones is 1. The first-order chi connectivity index (χ1) is 8.62. The Hall–Kier alpha value is -0.450. The number of carbonyl (C=O) groups excluding carboxylic acids is 1. The summed E-state index contributed by atoms with van der Waals surface area (Å²) in [6.07, 6.45) is 0. The molecule has 112 valence electrons.